The molecule has 0 unspecified atom stereocenters. The Balaban J connectivity index is 1.96. The number of fused-ring (bicyclic) bond motifs is 1. The highest BCUT2D eigenvalue weighted by Gasteiger charge is 2.15. The van der Waals surface area contributed by atoms with E-state index in [1.165, 1.54) is 11.6 Å². The van der Waals surface area contributed by atoms with Crippen LogP contribution in [-0.4, -0.2) is 45.7 Å². The number of para-hydroxylation sites is 1. The summed E-state index contributed by atoms with van der Waals surface area (Å²) in [6.07, 6.45) is 0. The number of amides is 2. The minimum Gasteiger partial charge on any atom is -0.358 e. The minimum atomic E-state index is -0.334. The van der Waals surface area contributed by atoms with Crippen molar-refractivity contribution in [2.45, 2.75) is 12.1 Å². The van der Waals surface area contributed by atoms with Crippen molar-refractivity contribution in [3.8, 4) is 5.82 Å². The van der Waals surface area contributed by atoms with Gasteiger partial charge in [0.2, 0.25) is 11.8 Å². The first-order valence-electron chi connectivity index (χ1n) is 8.55. The van der Waals surface area contributed by atoms with Crippen molar-refractivity contribution >= 4 is 34.5 Å². The number of hydrogen-bond donors (Lipinski definition) is 2. The number of carbonyl (C=O) groups excluding carboxylic acids is 2. The molecule has 3 rings (SSSR count). The molecule has 2 aromatic heterocycles. The molecule has 0 bridgehead atoms. The fraction of sp³-hybridized carbons (Fsp3) is 0.211. The van der Waals surface area contributed by atoms with Crippen LogP contribution in [0.4, 0.5) is 0 Å². The number of benzene rings is 1. The smallest absolute Gasteiger partial charge is 0.267 e. The van der Waals surface area contributed by atoms with Crippen molar-refractivity contribution in [1.82, 2.24) is 25.2 Å². The first-order chi connectivity index (χ1) is 13.5. The van der Waals surface area contributed by atoms with E-state index in [9.17, 15) is 14.4 Å². The molecule has 0 atom stereocenters. The molecule has 1 aromatic carbocycles. The van der Waals surface area contributed by atoms with Gasteiger partial charge in [0.1, 0.15) is 5.82 Å². The van der Waals surface area contributed by atoms with Crippen LogP contribution >= 0.6 is 11.8 Å². The SMILES string of the molecule is CNC(=O)CNC(=O)CSc1nc2ccccc2c(=O)n1-c1cccc(C)n1. The number of nitrogens with one attached hydrogen (secondary N) is 2. The fourth-order valence-electron chi connectivity index (χ4n) is 2.51. The van der Waals surface area contributed by atoms with Gasteiger partial charge in [0, 0.05) is 12.7 Å². The van der Waals surface area contributed by atoms with Gasteiger partial charge >= 0.3 is 0 Å². The molecule has 144 valence electrons. The predicted molar refractivity (Wildman–Crippen MR) is 108 cm³/mol. The Labute approximate surface area is 165 Å². The highest BCUT2D eigenvalue weighted by molar-refractivity contribution is 7.99. The van der Waals surface area contributed by atoms with Crippen molar-refractivity contribution in [3.63, 3.8) is 0 Å². The third-order valence-corrected chi connectivity index (χ3v) is 4.84. The summed E-state index contributed by atoms with van der Waals surface area (Å²) in [5.41, 5.74) is 1.05. The number of nitrogens with zero attached hydrogens (tertiary/aromatic N) is 3. The number of pyridine rings is 1. The first kappa shape index (κ1) is 19.6. The fourth-order valence-corrected chi connectivity index (χ4v) is 3.34. The Hall–Kier alpha value is -3.20. The lowest BCUT2D eigenvalue weighted by Gasteiger charge is -2.13. The molecular weight excluding hydrogens is 378 g/mol. The van der Waals surface area contributed by atoms with Crippen molar-refractivity contribution in [1.29, 1.82) is 0 Å². The first-order valence-corrected chi connectivity index (χ1v) is 9.54. The van der Waals surface area contributed by atoms with E-state index >= 15 is 0 Å². The molecule has 2 amide bonds. The van der Waals surface area contributed by atoms with E-state index in [2.05, 4.69) is 20.6 Å². The molecule has 0 aliphatic rings. The molecule has 0 saturated heterocycles. The zero-order valence-electron chi connectivity index (χ0n) is 15.4. The summed E-state index contributed by atoms with van der Waals surface area (Å²) in [5, 5.41) is 5.78. The second-order valence-electron chi connectivity index (χ2n) is 5.93. The highest BCUT2D eigenvalue weighted by atomic mass is 32.2. The molecule has 2 N–H and O–H groups in total. The van der Waals surface area contributed by atoms with E-state index in [0.29, 0.717) is 21.9 Å². The molecular formula is C19H19N5O3S. The number of thioether (sulfide) groups is 1. The van der Waals surface area contributed by atoms with Gasteiger partial charge in [-0.15, -0.1) is 0 Å². The zero-order valence-corrected chi connectivity index (χ0v) is 16.2. The van der Waals surface area contributed by atoms with Gasteiger partial charge in [0.15, 0.2) is 5.16 Å². The van der Waals surface area contributed by atoms with Crippen molar-refractivity contribution in [2.24, 2.45) is 0 Å². The monoisotopic (exact) mass is 397 g/mol. The number of carbonyl (C=O) groups is 2. The lowest BCUT2D eigenvalue weighted by Crippen LogP contribution is -2.36. The maximum absolute atomic E-state index is 13.1. The number of likely N-dealkylation sites (N-methyl/N-ethyl adjacent to an activating group) is 1. The van der Waals surface area contributed by atoms with Gasteiger partial charge < -0.3 is 10.6 Å². The van der Waals surface area contributed by atoms with Gasteiger partial charge in [0.25, 0.3) is 5.56 Å². The zero-order chi connectivity index (χ0) is 20.1. The molecule has 9 heteroatoms. The van der Waals surface area contributed by atoms with E-state index < -0.39 is 0 Å². The van der Waals surface area contributed by atoms with Crippen LogP contribution in [0.25, 0.3) is 16.7 Å². The molecule has 3 aromatic rings. The van der Waals surface area contributed by atoms with Gasteiger partial charge in [-0.25, -0.2) is 14.5 Å². The summed E-state index contributed by atoms with van der Waals surface area (Å²) < 4.78 is 1.41. The van der Waals surface area contributed by atoms with E-state index in [-0.39, 0.29) is 29.7 Å². The summed E-state index contributed by atoms with van der Waals surface area (Å²) in [6, 6.07) is 12.4. The maximum Gasteiger partial charge on any atom is 0.267 e. The molecule has 0 radical (unpaired) electrons. The number of aromatic nitrogens is 3. The second kappa shape index (κ2) is 8.66. The van der Waals surface area contributed by atoms with Crippen LogP contribution in [0, 0.1) is 6.92 Å². The van der Waals surface area contributed by atoms with E-state index in [4.69, 9.17) is 0 Å². The molecule has 0 spiro atoms. The van der Waals surface area contributed by atoms with Crippen LogP contribution in [0.5, 0.6) is 0 Å². The van der Waals surface area contributed by atoms with Crippen molar-refractivity contribution in [3.05, 3.63) is 58.5 Å². The number of aryl methyl sites for hydroxylation is 1. The third-order valence-electron chi connectivity index (χ3n) is 3.90. The van der Waals surface area contributed by atoms with Gasteiger partial charge in [-0.3, -0.25) is 14.4 Å². The quantitative estimate of drug-likeness (QED) is 0.476. The Kier molecular flexibility index (Phi) is 6.05. The Morgan fingerprint density at radius 1 is 1.07 bits per heavy atom. The van der Waals surface area contributed by atoms with Gasteiger partial charge in [-0.05, 0) is 31.2 Å². The summed E-state index contributed by atoms with van der Waals surface area (Å²) in [5.74, 6) is -0.174. The standard InChI is InChI=1S/C19H19N5O3S/c1-12-6-5-9-15(22-12)24-18(27)13-7-3-4-8-14(13)23-19(24)28-11-17(26)21-10-16(25)20-2/h3-9H,10-11H2,1-2H3,(H,20,25)(H,21,26). The highest BCUT2D eigenvalue weighted by Crippen LogP contribution is 2.20. The van der Waals surface area contributed by atoms with Crippen LogP contribution < -0.4 is 16.2 Å². The molecule has 0 fully saturated rings. The third kappa shape index (κ3) is 4.37. The molecule has 28 heavy (non-hydrogen) atoms. The molecule has 8 nitrogen and oxygen atoms in total. The topological polar surface area (TPSA) is 106 Å². The number of hydrogen-bond acceptors (Lipinski definition) is 6. The molecule has 2 heterocycles. The molecule has 0 saturated carbocycles. The average Bonchev–Trinajstić information content (AvgIpc) is 2.70. The normalized spacial score (nSPS) is 10.6. The Morgan fingerprint density at radius 3 is 2.61 bits per heavy atom. The largest absolute Gasteiger partial charge is 0.358 e. The van der Waals surface area contributed by atoms with E-state index in [0.717, 1.165) is 17.5 Å². The van der Waals surface area contributed by atoms with Crippen molar-refractivity contribution in [2.75, 3.05) is 19.3 Å². The second-order valence-corrected chi connectivity index (χ2v) is 6.87. The van der Waals surface area contributed by atoms with Crippen LogP contribution in [0.2, 0.25) is 0 Å². The summed E-state index contributed by atoms with van der Waals surface area (Å²) in [4.78, 5) is 45.4. The molecule has 0 aliphatic heterocycles. The van der Waals surface area contributed by atoms with Gasteiger partial charge in [-0.1, -0.05) is 30.0 Å². The van der Waals surface area contributed by atoms with Crippen LogP contribution in [0.1, 0.15) is 5.69 Å². The van der Waals surface area contributed by atoms with E-state index in [1.54, 1.807) is 30.3 Å². The average molecular weight is 397 g/mol. The van der Waals surface area contributed by atoms with E-state index in [1.807, 2.05) is 19.1 Å². The summed E-state index contributed by atoms with van der Waals surface area (Å²) in [7, 11) is 1.50. The Bertz CT molecular complexity index is 1100. The summed E-state index contributed by atoms with van der Waals surface area (Å²) >= 11 is 1.11. The van der Waals surface area contributed by atoms with Crippen LogP contribution in [-0.2, 0) is 9.59 Å². The number of rotatable bonds is 6. The van der Waals surface area contributed by atoms with Crippen LogP contribution in [0.3, 0.4) is 0 Å². The Morgan fingerprint density at radius 2 is 1.86 bits per heavy atom. The van der Waals surface area contributed by atoms with Crippen LogP contribution in [0.15, 0.2) is 52.4 Å². The summed E-state index contributed by atoms with van der Waals surface area (Å²) in [6.45, 7) is 1.73. The lowest BCUT2D eigenvalue weighted by molar-refractivity contribution is -0.124. The molecule has 0 aliphatic carbocycles. The predicted octanol–water partition coefficient (Wildman–Crippen LogP) is 1.04. The van der Waals surface area contributed by atoms with Gasteiger partial charge in [0.05, 0.1) is 23.2 Å². The van der Waals surface area contributed by atoms with Gasteiger partial charge in [-0.2, -0.15) is 0 Å². The lowest BCUT2D eigenvalue weighted by atomic mass is 10.2. The van der Waals surface area contributed by atoms with Crippen molar-refractivity contribution < 1.29 is 9.59 Å². The minimum absolute atomic E-state index is 0.00753. The maximum atomic E-state index is 13.1.